The smallest absolute Gasteiger partial charge is 0.333 e. The topological polar surface area (TPSA) is 106 Å². The minimum absolute atomic E-state index is 0. The van der Waals surface area contributed by atoms with E-state index in [-0.39, 0.29) is 5.48 Å². The van der Waals surface area contributed by atoms with Crippen molar-refractivity contribution in [2.75, 3.05) is 6.16 Å². The van der Waals surface area contributed by atoms with Crippen LogP contribution in [-0.4, -0.2) is 27.2 Å². The van der Waals surface area contributed by atoms with E-state index in [1.54, 1.807) is 18.2 Å². The summed E-state index contributed by atoms with van der Waals surface area (Å²) < 4.78 is 10.5. The molecule has 0 saturated carbocycles. The zero-order chi connectivity index (χ0) is 9.90. The van der Waals surface area contributed by atoms with E-state index in [0.717, 1.165) is 0 Å². The molecule has 1 aromatic carbocycles. The Morgan fingerprint density at radius 1 is 1.21 bits per heavy atom. The van der Waals surface area contributed by atoms with Crippen molar-refractivity contribution in [2.45, 2.75) is 0 Å². The molecular formula is C8H11O5P. The SMILES string of the molecule is O.O=C(CP(=O)(O)O)c1ccccc1. The first-order valence-electron chi connectivity index (χ1n) is 3.62. The average molecular weight is 218 g/mol. The summed E-state index contributed by atoms with van der Waals surface area (Å²) >= 11 is 0. The molecule has 0 spiro atoms. The quantitative estimate of drug-likeness (QED) is 0.559. The molecule has 0 aromatic heterocycles. The lowest BCUT2D eigenvalue weighted by Gasteiger charge is -2.02. The van der Waals surface area contributed by atoms with Gasteiger partial charge in [0.05, 0.1) is 0 Å². The minimum Gasteiger partial charge on any atom is -0.412 e. The van der Waals surface area contributed by atoms with Crippen LogP contribution < -0.4 is 0 Å². The van der Waals surface area contributed by atoms with Gasteiger partial charge in [-0.3, -0.25) is 9.36 Å². The lowest BCUT2D eigenvalue weighted by atomic mass is 10.2. The van der Waals surface area contributed by atoms with E-state index in [1.165, 1.54) is 12.1 Å². The second kappa shape index (κ2) is 5.02. The Hall–Kier alpha value is -1.00. The molecule has 0 bridgehead atoms. The molecule has 5 nitrogen and oxygen atoms in total. The highest BCUT2D eigenvalue weighted by Crippen LogP contribution is 2.34. The second-order valence-electron chi connectivity index (χ2n) is 2.61. The summed E-state index contributed by atoms with van der Waals surface area (Å²) in [5, 5.41) is 0. The van der Waals surface area contributed by atoms with Crippen LogP contribution in [0.3, 0.4) is 0 Å². The lowest BCUT2D eigenvalue weighted by molar-refractivity contribution is 0.101. The van der Waals surface area contributed by atoms with Gasteiger partial charge in [-0.25, -0.2) is 0 Å². The van der Waals surface area contributed by atoms with Crippen molar-refractivity contribution in [3.63, 3.8) is 0 Å². The average Bonchev–Trinajstić information content (AvgIpc) is 2.03. The molecule has 0 aliphatic heterocycles. The number of carbonyl (C=O) groups excluding carboxylic acids is 1. The fourth-order valence-corrected chi connectivity index (χ4v) is 1.46. The maximum atomic E-state index is 11.2. The summed E-state index contributed by atoms with van der Waals surface area (Å²) in [5.41, 5.74) is 0.325. The summed E-state index contributed by atoms with van der Waals surface area (Å²) in [6.45, 7) is 0. The van der Waals surface area contributed by atoms with Crippen molar-refractivity contribution in [3.8, 4) is 0 Å². The van der Waals surface area contributed by atoms with Crippen molar-refractivity contribution >= 4 is 13.4 Å². The molecule has 78 valence electrons. The number of Topliss-reactive ketones (excluding diaryl/α,β-unsaturated/α-hetero) is 1. The fourth-order valence-electron chi connectivity index (χ4n) is 0.902. The largest absolute Gasteiger partial charge is 0.412 e. The molecule has 0 aliphatic carbocycles. The molecule has 0 unspecified atom stereocenters. The Bertz CT molecular complexity index is 342. The van der Waals surface area contributed by atoms with Crippen molar-refractivity contribution in [1.29, 1.82) is 0 Å². The number of rotatable bonds is 3. The van der Waals surface area contributed by atoms with E-state index in [4.69, 9.17) is 9.79 Å². The predicted molar refractivity (Wildman–Crippen MR) is 51.3 cm³/mol. The molecule has 6 heteroatoms. The normalized spacial score (nSPS) is 10.4. The van der Waals surface area contributed by atoms with Crippen LogP contribution >= 0.6 is 7.60 Å². The Balaban J connectivity index is 0.00000169. The van der Waals surface area contributed by atoms with Gasteiger partial charge in [0, 0.05) is 5.56 Å². The van der Waals surface area contributed by atoms with Gasteiger partial charge in [-0.15, -0.1) is 0 Å². The van der Waals surface area contributed by atoms with Gasteiger partial charge >= 0.3 is 7.60 Å². The third kappa shape index (κ3) is 4.30. The highest BCUT2D eigenvalue weighted by molar-refractivity contribution is 7.52. The van der Waals surface area contributed by atoms with E-state index < -0.39 is 19.5 Å². The van der Waals surface area contributed by atoms with Gasteiger partial charge in [-0.1, -0.05) is 30.3 Å². The highest BCUT2D eigenvalue weighted by Gasteiger charge is 2.19. The maximum Gasteiger partial charge on any atom is 0.333 e. The van der Waals surface area contributed by atoms with Crippen LogP contribution in [0.5, 0.6) is 0 Å². The Morgan fingerprint density at radius 3 is 2.14 bits per heavy atom. The zero-order valence-corrected chi connectivity index (χ0v) is 8.15. The van der Waals surface area contributed by atoms with Crippen molar-refractivity contribution in [3.05, 3.63) is 35.9 Å². The standard InChI is InChI=1S/C8H9O4P.H2O/c9-8(6-13(10,11)12)7-4-2-1-3-5-7;/h1-5H,6H2,(H2,10,11,12);1H2. The van der Waals surface area contributed by atoms with E-state index in [1.807, 2.05) is 0 Å². The molecule has 0 saturated heterocycles. The molecule has 0 atom stereocenters. The molecule has 4 N–H and O–H groups in total. The van der Waals surface area contributed by atoms with E-state index in [0.29, 0.717) is 5.56 Å². The monoisotopic (exact) mass is 218 g/mol. The number of carbonyl (C=O) groups is 1. The number of benzene rings is 1. The van der Waals surface area contributed by atoms with Gasteiger partial charge < -0.3 is 15.3 Å². The molecule has 0 fully saturated rings. The Morgan fingerprint density at radius 2 is 1.71 bits per heavy atom. The summed E-state index contributed by atoms with van der Waals surface area (Å²) in [5.74, 6) is -0.533. The van der Waals surface area contributed by atoms with Crippen molar-refractivity contribution in [2.24, 2.45) is 0 Å². The van der Waals surface area contributed by atoms with Crippen LogP contribution in [0.15, 0.2) is 30.3 Å². The summed E-state index contributed by atoms with van der Waals surface area (Å²) in [7, 11) is -4.24. The second-order valence-corrected chi connectivity index (χ2v) is 4.26. The van der Waals surface area contributed by atoms with Crippen LogP contribution in [0.1, 0.15) is 10.4 Å². The molecular weight excluding hydrogens is 207 g/mol. The predicted octanol–water partition coefficient (Wildman–Crippen LogP) is 0.222. The van der Waals surface area contributed by atoms with Crippen LogP contribution in [0, 0.1) is 0 Å². The highest BCUT2D eigenvalue weighted by atomic mass is 31.2. The van der Waals surface area contributed by atoms with Crippen molar-refractivity contribution in [1.82, 2.24) is 0 Å². The van der Waals surface area contributed by atoms with Gasteiger partial charge in [0.1, 0.15) is 6.16 Å². The van der Waals surface area contributed by atoms with Crippen molar-refractivity contribution < 1.29 is 24.6 Å². The Labute approximate surface area is 80.9 Å². The molecule has 0 amide bonds. The minimum atomic E-state index is -4.24. The van der Waals surface area contributed by atoms with Crippen LogP contribution in [0.4, 0.5) is 0 Å². The van der Waals surface area contributed by atoms with E-state index >= 15 is 0 Å². The first-order chi connectivity index (χ1) is 5.99. The van der Waals surface area contributed by atoms with Gasteiger partial charge in [0.15, 0.2) is 5.78 Å². The third-order valence-corrected chi connectivity index (χ3v) is 2.14. The first kappa shape index (κ1) is 13.0. The zero-order valence-electron chi connectivity index (χ0n) is 7.25. The molecule has 1 rings (SSSR count). The summed E-state index contributed by atoms with van der Waals surface area (Å²) in [4.78, 5) is 28.2. The lowest BCUT2D eigenvalue weighted by Crippen LogP contribution is -2.05. The molecule has 1 aromatic rings. The fraction of sp³-hybridized carbons (Fsp3) is 0.125. The molecule has 0 aliphatic rings. The summed E-state index contributed by atoms with van der Waals surface area (Å²) in [6.07, 6.45) is -0.725. The number of hydrogen-bond acceptors (Lipinski definition) is 2. The molecule has 0 radical (unpaired) electrons. The number of ketones is 1. The van der Waals surface area contributed by atoms with Gasteiger partial charge in [0.25, 0.3) is 0 Å². The Kier molecular flexibility index (Phi) is 4.67. The van der Waals surface area contributed by atoms with E-state index in [2.05, 4.69) is 0 Å². The van der Waals surface area contributed by atoms with Crippen LogP contribution in [-0.2, 0) is 4.57 Å². The maximum absolute atomic E-state index is 11.2. The van der Waals surface area contributed by atoms with Gasteiger partial charge in [-0.05, 0) is 0 Å². The van der Waals surface area contributed by atoms with Gasteiger partial charge in [0.2, 0.25) is 0 Å². The van der Waals surface area contributed by atoms with Gasteiger partial charge in [-0.2, -0.15) is 0 Å². The first-order valence-corrected chi connectivity index (χ1v) is 5.41. The van der Waals surface area contributed by atoms with E-state index in [9.17, 15) is 9.36 Å². The number of hydrogen-bond donors (Lipinski definition) is 2. The van der Waals surface area contributed by atoms with Crippen LogP contribution in [0.25, 0.3) is 0 Å². The van der Waals surface area contributed by atoms with Crippen LogP contribution in [0.2, 0.25) is 0 Å². The molecule has 0 heterocycles. The third-order valence-electron chi connectivity index (χ3n) is 1.45. The summed E-state index contributed by atoms with van der Waals surface area (Å²) in [6, 6.07) is 8.07. The molecule has 14 heavy (non-hydrogen) atoms.